The Kier molecular flexibility index (Phi) is 2.83. The van der Waals surface area contributed by atoms with Crippen molar-refractivity contribution < 1.29 is 0 Å². The summed E-state index contributed by atoms with van der Waals surface area (Å²) >= 11 is 1.66. The molecule has 0 bridgehead atoms. The number of benzene rings is 1. The first-order valence-corrected chi connectivity index (χ1v) is 5.97. The molecule has 2 aromatic rings. The summed E-state index contributed by atoms with van der Waals surface area (Å²) in [6.07, 6.45) is 1.84. The lowest BCUT2D eigenvalue weighted by molar-refractivity contribution is 1.00. The van der Waals surface area contributed by atoms with E-state index in [0.29, 0.717) is 0 Å². The van der Waals surface area contributed by atoms with E-state index in [4.69, 9.17) is 5.73 Å². The van der Waals surface area contributed by atoms with Crippen molar-refractivity contribution in [3.8, 4) is 0 Å². The summed E-state index contributed by atoms with van der Waals surface area (Å²) in [4.78, 5) is 4.45. The SMILES string of the molecule is C=CC(C)Nc1cc2nc(C)sc2cc1N. The fourth-order valence-corrected chi connectivity index (χ4v) is 2.39. The first-order chi connectivity index (χ1) is 7.60. The van der Waals surface area contributed by atoms with Crippen molar-refractivity contribution in [1.82, 2.24) is 4.98 Å². The van der Waals surface area contributed by atoms with Crippen LogP contribution in [0.3, 0.4) is 0 Å². The monoisotopic (exact) mass is 233 g/mol. The molecule has 1 unspecified atom stereocenters. The summed E-state index contributed by atoms with van der Waals surface area (Å²) in [5.41, 5.74) is 8.65. The molecule has 3 N–H and O–H groups in total. The molecule has 1 aromatic carbocycles. The van der Waals surface area contributed by atoms with E-state index in [1.807, 2.05) is 32.1 Å². The van der Waals surface area contributed by atoms with Gasteiger partial charge in [-0.1, -0.05) is 6.08 Å². The third-order valence-corrected chi connectivity index (χ3v) is 3.34. The molecule has 0 aliphatic carbocycles. The second-order valence-electron chi connectivity index (χ2n) is 3.81. The fraction of sp³-hybridized carbons (Fsp3) is 0.250. The van der Waals surface area contributed by atoms with E-state index in [9.17, 15) is 0 Å². The smallest absolute Gasteiger partial charge is 0.0907 e. The second kappa shape index (κ2) is 4.14. The normalized spacial score (nSPS) is 12.6. The number of thiazole rings is 1. The van der Waals surface area contributed by atoms with Gasteiger partial charge in [-0.25, -0.2) is 4.98 Å². The maximum atomic E-state index is 5.98. The van der Waals surface area contributed by atoms with Crippen LogP contribution < -0.4 is 11.1 Å². The molecule has 0 aliphatic heterocycles. The molecule has 0 aliphatic rings. The molecular formula is C12H15N3S. The van der Waals surface area contributed by atoms with Crippen molar-refractivity contribution in [2.75, 3.05) is 11.1 Å². The molecule has 1 heterocycles. The summed E-state index contributed by atoms with van der Waals surface area (Å²) in [5.74, 6) is 0. The summed E-state index contributed by atoms with van der Waals surface area (Å²) in [6.45, 7) is 7.77. The molecule has 84 valence electrons. The largest absolute Gasteiger partial charge is 0.397 e. The maximum absolute atomic E-state index is 5.98. The second-order valence-corrected chi connectivity index (χ2v) is 5.04. The van der Waals surface area contributed by atoms with Gasteiger partial charge in [-0.2, -0.15) is 0 Å². The quantitative estimate of drug-likeness (QED) is 0.632. The average molecular weight is 233 g/mol. The van der Waals surface area contributed by atoms with Gasteiger partial charge in [0.05, 0.1) is 26.6 Å². The van der Waals surface area contributed by atoms with E-state index < -0.39 is 0 Å². The molecule has 3 nitrogen and oxygen atoms in total. The number of nitrogens with one attached hydrogen (secondary N) is 1. The number of nitrogens with zero attached hydrogens (tertiary/aromatic N) is 1. The lowest BCUT2D eigenvalue weighted by Crippen LogP contribution is -2.12. The number of hydrogen-bond donors (Lipinski definition) is 2. The molecule has 2 rings (SSSR count). The number of hydrogen-bond acceptors (Lipinski definition) is 4. The Balaban J connectivity index is 2.45. The van der Waals surface area contributed by atoms with Gasteiger partial charge in [0.15, 0.2) is 0 Å². The fourth-order valence-electron chi connectivity index (χ4n) is 1.53. The zero-order chi connectivity index (χ0) is 11.7. The highest BCUT2D eigenvalue weighted by Gasteiger charge is 2.07. The molecule has 4 heteroatoms. The van der Waals surface area contributed by atoms with Crippen molar-refractivity contribution in [2.45, 2.75) is 19.9 Å². The van der Waals surface area contributed by atoms with Gasteiger partial charge < -0.3 is 11.1 Å². The van der Waals surface area contributed by atoms with E-state index in [-0.39, 0.29) is 6.04 Å². The van der Waals surface area contributed by atoms with Gasteiger partial charge in [0.25, 0.3) is 0 Å². The number of aromatic nitrogens is 1. The van der Waals surface area contributed by atoms with Crippen LogP contribution in [0.4, 0.5) is 11.4 Å². The standard InChI is InChI=1S/C12H15N3S/c1-4-7(2)14-10-6-11-12(5-9(10)13)16-8(3)15-11/h4-7,14H,1,13H2,2-3H3. The van der Waals surface area contributed by atoms with Gasteiger partial charge in [-0.15, -0.1) is 17.9 Å². The number of fused-ring (bicyclic) bond motifs is 1. The van der Waals surface area contributed by atoms with Gasteiger partial charge in [-0.05, 0) is 26.0 Å². The van der Waals surface area contributed by atoms with Gasteiger partial charge in [0.1, 0.15) is 0 Å². The van der Waals surface area contributed by atoms with Crippen molar-refractivity contribution >= 4 is 32.9 Å². The summed E-state index contributed by atoms with van der Waals surface area (Å²) in [6, 6.07) is 4.16. The molecule has 0 radical (unpaired) electrons. The van der Waals surface area contributed by atoms with Gasteiger partial charge in [0.2, 0.25) is 0 Å². The Morgan fingerprint density at radius 1 is 1.56 bits per heavy atom. The average Bonchev–Trinajstić information content (AvgIpc) is 2.58. The summed E-state index contributed by atoms with van der Waals surface area (Å²) in [5, 5.41) is 4.34. The number of nitrogens with two attached hydrogens (primary N) is 1. The molecule has 0 spiro atoms. The highest BCUT2D eigenvalue weighted by molar-refractivity contribution is 7.18. The van der Waals surface area contributed by atoms with Crippen LogP contribution in [0.5, 0.6) is 0 Å². The van der Waals surface area contributed by atoms with Gasteiger partial charge >= 0.3 is 0 Å². The summed E-state index contributed by atoms with van der Waals surface area (Å²) in [7, 11) is 0. The molecular weight excluding hydrogens is 218 g/mol. The van der Waals surface area contributed by atoms with Crippen LogP contribution >= 0.6 is 11.3 Å². The highest BCUT2D eigenvalue weighted by atomic mass is 32.1. The van der Waals surface area contributed by atoms with Crippen LogP contribution in [0, 0.1) is 6.92 Å². The first kappa shape index (κ1) is 11.0. The maximum Gasteiger partial charge on any atom is 0.0907 e. The van der Waals surface area contributed by atoms with Crippen molar-refractivity contribution in [1.29, 1.82) is 0 Å². The highest BCUT2D eigenvalue weighted by Crippen LogP contribution is 2.30. The number of anilines is 2. The van der Waals surface area contributed by atoms with Crippen molar-refractivity contribution in [3.63, 3.8) is 0 Å². The van der Waals surface area contributed by atoms with Crippen LogP contribution in [0.15, 0.2) is 24.8 Å². The molecule has 0 amide bonds. The van der Waals surface area contributed by atoms with Gasteiger partial charge in [-0.3, -0.25) is 0 Å². The van der Waals surface area contributed by atoms with E-state index >= 15 is 0 Å². The lowest BCUT2D eigenvalue weighted by atomic mass is 10.2. The van der Waals surface area contributed by atoms with Gasteiger partial charge in [0, 0.05) is 6.04 Å². The Morgan fingerprint density at radius 3 is 3.00 bits per heavy atom. The third-order valence-electron chi connectivity index (χ3n) is 2.40. The number of nitrogen functional groups attached to an aromatic ring is 1. The molecule has 0 fully saturated rings. The number of aryl methyl sites for hydroxylation is 1. The summed E-state index contributed by atoms with van der Waals surface area (Å²) < 4.78 is 1.13. The predicted molar refractivity (Wildman–Crippen MR) is 72.1 cm³/mol. The molecule has 0 saturated carbocycles. The van der Waals surface area contributed by atoms with Crippen LogP contribution in [0.25, 0.3) is 10.2 Å². The number of rotatable bonds is 3. The van der Waals surface area contributed by atoms with E-state index in [1.165, 1.54) is 0 Å². The minimum absolute atomic E-state index is 0.194. The van der Waals surface area contributed by atoms with Crippen LogP contribution in [-0.2, 0) is 0 Å². The minimum atomic E-state index is 0.194. The molecule has 0 saturated heterocycles. The lowest BCUT2D eigenvalue weighted by Gasteiger charge is -2.12. The third kappa shape index (κ3) is 2.02. The Morgan fingerprint density at radius 2 is 2.31 bits per heavy atom. The van der Waals surface area contributed by atoms with E-state index in [2.05, 4.69) is 16.9 Å². The van der Waals surface area contributed by atoms with Crippen molar-refractivity contribution in [3.05, 3.63) is 29.8 Å². The Labute approximate surface area is 99.0 Å². The Hall–Kier alpha value is -1.55. The van der Waals surface area contributed by atoms with E-state index in [0.717, 1.165) is 26.6 Å². The zero-order valence-electron chi connectivity index (χ0n) is 9.45. The zero-order valence-corrected chi connectivity index (χ0v) is 10.3. The Bertz CT molecular complexity index is 530. The topological polar surface area (TPSA) is 50.9 Å². The predicted octanol–water partition coefficient (Wildman–Crippen LogP) is 3.17. The van der Waals surface area contributed by atoms with Crippen LogP contribution in [0.2, 0.25) is 0 Å². The molecule has 1 atom stereocenters. The minimum Gasteiger partial charge on any atom is -0.397 e. The van der Waals surface area contributed by atoms with Crippen LogP contribution in [-0.4, -0.2) is 11.0 Å². The molecule has 16 heavy (non-hydrogen) atoms. The van der Waals surface area contributed by atoms with E-state index in [1.54, 1.807) is 11.3 Å². The van der Waals surface area contributed by atoms with Crippen molar-refractivity contribution in [2.24, 2.45) is 0 Å². The molecule has 1 aromatic heterocycles. The van der Waals surface area contributed by atoms with Crippen LogP contribution in [0.1, 0.15) is 11.9 Å². The first-order valence-electron chi connectivity index (χ1n) is 5.16.